The molecule has 0 saturated heterocycles. The number of aromatic nitrogens is 6. The molecular weight excluding hydrogens is 588 g/mol. The van der Waals surface area contributed by atoms with Crippen LogP contribution in [0.2, 0.25) is 5.15 Å². The van der Waals surface area contributed by atoms with E-state index in [2.05, 4.69) is 31.0 Å². The van der Waals surface area contributed by atoms with Crippen LogP contribution in [0, 0.1) is 6.92 Å². The molecule has 0 atom stereocenters. The van der Waals surface area contributed by atoms with Crippen molar-refractivity contribution >= 4 is 46.1 Å². The molecule has 2 amide bonds. The molecule has 0 aliphatic carbocycles. The van der Waals surface area contributed by atoms with E-state index in [1.54, 1.807) is 23.8 Å². The molecule has 0 unspecified atom stereocenters. The maximum atomic E-state index is 14.3. The first-order chi connectivity index (χ1) is 21.1. The van der Waals surface area contributed by atoms with E-state index in [1.165, 1.54) is 0 Å². The van der Waals surface area contributed by atoms with Gasteiger partial charge in [0.15, 0.2) is 33.5 Å². The first-order valence-corrected chi connectivity index (χ1v) is 14.7. The monoisotopic (exact) mass is 627 g/mol. The summed E-state index contributed by atoms with van der Waals surface area (Å²) >= 11 is 6.01. The smallest absolute Gasteiger partial charge is 0.277 e. The molecule has 3 aromatic heterocycles. The molecule has 0 bridgehead atoms. The van der Waals surface area contributed by atoms with Crippen LogP contribution in [0.5, 0.6) is 0 Å². The van der Waals surface area contributed by atoms with E-state index in [0.717, 1.165) is 33.7 Å². The van der Waals surface area contributed by atoms with Gasteiger partial charge in [-0.3, -0.25) is 14.3 Å². The van der Waals surface area contributed by atoms with E-state index in [-0.39, 0.29) is 34.9 Å². The van der Waals surface area contributed by atoms with E-state index >= 15 is 0 Å². The summed E-state index contributed by atoms with van der Waals surface area (Å²) in [7, 11) is 5.07. The summed E-state index contributed by atoms with van der Waals surface area (Å²) in [5, 5.41) is 7.31. The fourth-order valence-corrected chi connectivity index (χ4v) is 5.47. The van der Waals surface area contributed by atoms with Crippen LogP contribution in [0.15, 0.2) is 18.3 Å². The molecule has 0 saturated carbocycles. The molecule has 236 valence electrons. The van der Waals surface area contributed by atoms with Gasteiger partial charge in [-0.2, -0.15) is 5.10 Å². The highest BCUT2D eigenvalue weighted by Crippen LogP contribution is 2.31. The van der Waals surface area contributed by atoms with Crippen molar-refractivity contribution in [3.63, 3.8) is 0 Å². The molecule has 14 nitrogen and oxygen atoms in total. The van der Waals surface area contributed by atoms with Gasteiger partial charge in [0.1, 0.15) is 6.54 Å². The van der Waals surface area contributed by atoms with Crippen LogP contribution >= 0.6 is 11.6 Å². The lowest BCUT2D eigenvalue weighted by atomic mass is 10.0. The lowest BCUT2D eigenvalue weighted by Gasteiger charge is -2.22. The minimum absolute atomic E-state index is 0.0578. The normalized spacial score (nSPS) is 11.3. The van der Waals surface area contributed by atoms with Gasteiger partial charge in [0.05, 0.1) is 37.6 Å². The lowest BCUT2D eigenvalue weighted by molar-refractivity contribution is -0.676. The molecule has 0 fully saturated rings. The number of benzene rings is 1. The second-order valence-corrected chi connectivity index (χ2v) is 10.6. The summed E-state index contributed by atoms with van der Waals surface area (Å²) in [5.74, 6) is -0.113. The maximum Gasteiger partial charge on any atom is 0.277 e. The van der Waals surface area contributed by atoms with Crippen molar-refractivity contribution in [2.75, 3.05) is 52.0 Å². The number of aryl methyl sites for hydroxylation is 4. The van der Waals surface area contributed by atoms with Crippen LogP contribution in [-0.2, 0) is 36.2 Å². The van der Waals surface area contributed by atoms with Crippen molar-refractivity contribution in [1.82, 2.24) is 34.5 Å². The third-order valence-electron chi connectivity index (χ3n) is 7.41. The van der Waals surface area contributed by atoms with Crippen LogP contribution in [0.3, 0.4) is 0 Å². The molecule has 0 spiro atoms. The van der Waals surface area contributed by atoms with E-state index in [9.17, 15) is 9.59 Å². The van der Waals surface area contributed by atoms with Gasteiger partial charge in [-0.05, 0) is 38.5 Å². The van der Waals surface area contributed by atoms with Crippen molar-refractivity contribution in [3.8, 4) is 11.1 Å². The van der Waals surface area contributed by atoms with Crippen molar-refractivity contribution in [2.24, 2.45) is 7.05 Å². The molecule has 4 aromatic rings. The molecule has 5 N–H and O–H groups in total. The van der Waals surface area contributed by atoms with Gasteiger partial charge in [0.2, 0.25) is 0 Å². The van der Waals surface area contributed by atoms with Crippen molar-refractivity contribution < 1.29 is 23.6 Å². The van der Waals surface area contributed by atoms with Gasteiger partial charge in [-0.1, -0.05) is 11.6 Å². The number of nitrogens with zero attached hydrogens (tertiary/aromatic N) is 7. The van der Waals surface area contributed by atoms with E-state index < -0.39 is 5.91 Å². The SMILES string of the molecule is CCn1c(CNC(=O)c2nc(Cl)c(N)nc2N)[n+](CC)c2cc(-c3cn(C)nc3C)cc(C(=O)N(CCOC)CCOC)c21. The summed E-state index contributed by atoms with van der Waals surface area (Å²) in [4.78, 5) is 37.1. The van der Waals surface area contributed by atoms with Gasteiger partial charge in [-0.25, -0.2) is 19.1 Å². The van der Waals surface area contributed by atoms with Crippen molar-refractivity contribution in [1.29, 1.82) is 0 Å². The Balaban J connectivity index is 1.89. The topological polar surface area (TPSA) is 172 Å². The number of fused-ring (bicyclic) bond motifs is 1. The van der Waals surface area contributed by atoms with Crippen molar-refractivity contribution in [3.05, 3.63) is 46.3 Å². The third-order valence-corrected chi connectivity index (χ3v) is 7.68. The zero-order valence-corrected chi connectivity index (χ0v) is 26.7. The average molecular weight is 628 g/mol. The van der Waals surface area contributed by atoms with Crippen LogP contribution in [0.1, 0.15) is 46.2 Å². The lowest BCUT2D eigenvalue weighted by Crippen LogP contribution is -2.40. The third kappa shape index (κ3) is 6.47. The van der Waals surface area contributed by atoms with Crippen LogP contribution in [0.25, 0.3) is 22.2 Å². The Morgan fingerprint density at radius 1 is 1.09 bits per heavy atom. The molecule has 0 aliphatic rings. The molecule has 0 radical (unpaired) electrons. The van der Waals surface area contributed by atoms with Gasteiger partial charge >= 0.3 is 0 Å². The number of amides is 2. The largest absolute Gasteiger partial charge is 0.383 e. The molecule has 4 rings (SSSR count). The first-order valence-electron chi connectivity index (χ1n) is 14.3. The van der Waals surface area contributed by atoms with E-state index in [0.29, 0.717) is 45.0 Å². The number of rotatable bonds is 13. The predicted octanol–water partition coefficient (Wildman–Crippen LogP) is 1.95. The number of carbonyl (C=O) groups excluding carboxylic acids is 2. The number of nitrogens with two attached hydrogens (primary N) is 2. The number of nitrogen functional groups attached to an aromatic ring is 2. The zero-order valence-electron chi connectivity index (χ0n) is 26.0. The minimum atomic E-state index is -0.555. The zero-order chi connectivity index (χ0) is 32.1. The highest BCUT2D eigenvalue weighted by molar-refractivity contribution is 6.31. The molecular formula is C29H40ClN10O4+. The molecule has 0 aliphatic heterocycles. The molecule has 3 heterocycles. The summed E-state index contributed by atoms with van der Waals surface area (Å²) in [6.45, 7) is 8.72. The molecule has 15 heteroatoms. The second-order valence-electron chi connectivity index (χ2n) is 10.2. The van der Waals surface area contributed by atoms with Crippen molar-refractivity contribution in [2.45, 2.75) is 40.4 Å². The number of hydrogen-bond acceptors (Lipinski definition) is 9. The quantitative estimate of drug-likeness (QED) is 0.187. The van der Waals surface area contributed by atoms with Crippen LogP contribution in [-0.4, -0.2) is 81.6 Å². The number of hydrogen-bond donors (Lipinski definition) is 3. The maximum absolute atomic E-state index is 14.3. The predicted molar refractivity (Wildman–Crippen MR) is 167 cm³/mol. The number of anilines is 2. The summed E-state index contributed by atoms with van der Waals surface area (Å²) in [5.41, 5.74) is 16.2. The highest BCUT2D eigenvalue weighted by Gasteiger charge is 2.31. The Morgan fingerprint density at radius 3 is 2.34 bits per heavy atom. The van der Waals surface area contributed by atoms with Gasteiger partial charge < -0.3 is 31.2 Å². The minimum Gasteiger partial charge on any atom is -0.383 e. The van der Waals surface area contributed by atoms with Gasteiger partial charge in [0, 0.05) is 46.1 Å². The Labute approximate surface area is 260 Å². The summed E-state index contributed by atoms with van der Waals surface area (Å²) < 4.78 is 16.5. The Morgan fingerprint density at radius 2 is 1.77 bits per heavy atom. The van der Waals surface area contributed by atoms with Crippen LogP contribution in [0.4, 0.5) is 11.6 Å². The molecule has 1 aromatic carbocycles. The standard InChI is InChI=1S/C29H39ClN10O4/c1-7-39-21-14-18(20-16-37(4)36-17(20)3)13-19(29(42)38(9-11-43-5)10-12-44-6)24(21)40(8-2)22(39)15-33-28(41)23-26(31)35-27(32)25(30)34-23/h13-14,16H,7-12,15H2,1-6H3,(H4-,31,32,33,35,41)/p+1. The fraction of sp³-hybridized carbons (Fsp3) is 0.448. The number of ether oxygens (including phenoxy) is 2. The highest BCUT2D eigenvalue weighted by atomic mass is 35.5. The number of imidazole rings is 1. The first kappa shape index (κ1) is 32.6. The summed E-state index contributed by atoms with van der Waals surface area (Å²) in [6.07, 6.45) is 1.94. The summed E-state index contributed by atoms with van der Waals surface area (Å²) in [6, 6.07) is 3.98. The Kier molecular flexibility index (Phi) is 10.4. The number of nitrogens with one attached hydrogen (secondary N) is 1. The fourth-order valence-electron chi connectivity index (χ4n) is 5.35. The number of carbonyl (C=O) groups is 2. The van der Waals surface area contributed by atoms with Gasteiger partial charge in [0.25, 0.3) is 17.6 Å². The van der Waals surface area contributed by atoms with E-state index in [4.69, 9.17) is 32.5 Å². The number of methoxy groups -OCH3 is 2. The van der Waals surface area contributed by atoms with Crippen LogP contribution < -0.4 is 21.4 Å². The molecule has 44 heavy (non-hydrogen) atoms. The van der Waals surface area contributed by atoms with Gasteiger partial charge in [-0.15, -0.1) is 0 Å². The van der Waals surface area contributed by atoms with E-state index in [1.807, 2.05) is 44.6 Å². The number of halogens is 1. The Hall–Kier alpha value is -4.27. The second kappa shape index (κ2) is 14.0. The average Bonchev–Trinajstić information content (AvgIpc) is 3.51. The Bertz CT molecular complexity index is 1670.